The maximum atomic E-state index is 11.6. The molecular weight excluding hydrogens is 194 g/mol. The third kappa shape index (κ3) is 1.42. The molecule has 0 saturated carbocycles. The Balaban J connectivity index is 2.68. The van der Waals surface area contributed by atoms with Gasteiger partial charge in [-0.15, -0.1) is 0 Å². The van der Waals surface area contributed by atoms with E-state index in [1.165, 1.54) is 7.11 Å². The predicted octanol–water partition coefficient (Wildman–Crippen LogP) is 1.53. The second-order valence-corrected chi connectivity index (χ2v) is 3.15. The number of methoxy groups -OCH3 is 1. The summed E-state index contributed by atoms with van der Waals surface area (Å²) in [5, 5.41) is 8.88. The lowest BCUT2D eigenvalue weighted by molar-refractivity contribution is 0.0930. The summed E-state index contributed by atoms with van der Waals surface area (Å²) in [5.74, 6) is 0.830. The van der Waals surface area contributed by atoms with Crippen molar-refractivity contribution in [1.82, 2.24) is 0 Å². The first-order valence-electron chi connectivity index (χ1n) is 4.55. The third-order valence-electron chi connectivity index (χ3n) is 2.32. The van der Waals surface area contributed by atoms with E-state index in [9.17, 15) is 4.79 Å². The molecule has 0 atom stereocenters. The number of carbonyl (C=O) groups is 1. The SMILES string of the molecule is COc1ccc(C#N)c2c1OCCC2=O. The minimum absolute atomic E-state index is 0.0632. The molecule has 15 heavy (non-hydrogen) atoms. The number of benzene rings is 1. The van der Waals surface area contributed by atoms with Crippen LogP contribution < -0.4 is 9.47 Å². The fraction of sp³-hybridized carbons (Fsp3) is 0.273. The Bertz CT molecular complexity index is 460. The van der Waals surface area contributed by atoms with Gasteiger partial charge in [0.1, 0.15) is 6.07 Å². The summed E-state index contributed by atoms with van der Waals surface area (Å²) in [4.78, 5) is 11.6. The summed E-state index contributed by atoms with van der Waals surface area (Å²) >= 11 is 0. The molecule has 0 fully saturated rings. The highest BCUT2D eigenvalue weighted by Gasteiger charge is 2.25. The molecular formula is C11H9NO3. The normalized spacial score (nSPS) is 13.7. The fourth-order valence-corrected chi connectivity index (χ4v) is 1.61. The average molecular weight is 203 g/mol. The molecule has 0 amide bonds. The number of rotatable bonds is 1. The number of hydrogen-bond donors (Lipinski definition) is 0. The maximum Gasteiger partial charge on any atom is 0.173 e. The van der Waals surface area contributed by atoms with E-state index in [4.69, 9.17) is 14.7 Å². The first-order valence-corrected chi connectivity index (χ1v) is 4.55. The number of nitriles is 1. The van der Waals surface area contributed by atoms with E-state index in [1.807, 2.05) is 6.07 Å². The van der Waals surface area contributed by atoms with Gasteiger partial charge >= 0.3 is 0 Å². The van der Waals surface area contributed by atoms with Gasteiger partial charge in [-0.1, -0.05) is 0 Å². The van der Waals surface area contributed by atoms with Crippen molar-refractivity contribution in [3.05, 3.63) is 23.3 Å². The van der Waals surface area contributed by atoms with E-state index >= 15 is 0 Å². The highest BCUT2D eigenvalue weighted by molar-refractivity contribution is 6.02. The number of ketones is 1. The summed E-state index contributed by atoms with van der Waals surface area (Å²) in [5.41, 5.74) is 0.693. The number of ether oxygens (including phenoxy) is 2. The van der Waals surface area contributed by atoms with E-state index < -0.39 is 0 Å². The number of hydrogen-bond acceptors (Lipinski definition) is 4. The van der Waals surface area contributed by atoms with Gasteiger partial charge in [-0.25, -0.2) is 0 Å². The molecule has 0 spiro atoms. The molecule has 76 valence electrons. The van der Waals surface area contributed by atoms with Crippen LogP contribution in [-0.2, 0) is 0 Å². The third-order valence-corrected chi connectivity index (χ3v) is 2.32. The Labute approximate surface area is 87.0 Å². The van der Waals surface area contributed by atoms with Crippen LogP contribution in [0.1, 0.15) is 22.3 Å². The quantitative estimate of drug-likeness (QED) is 0.694. The molecule has 0 unspecified atom stereocenters. The van der Waals surface area contributed by atoms with Gasteiger partial charge in [-0.3, -0.25) is 4.79 Å². The van der Waals surface area contributed by atoms with E-state index in [1.54, 1.807) is 12.1 Å². The van der Waals surface area contributed by atoms with Crippen molar-refractivity contribution in [2.45, 2.75) is 6.42 Å². The zero-order valence-electron chi connectivity index (χ0n) is 8.24. The van der Waals surface area contributed by atoms with Gasteiger partial charge in [0.15, 0.2) is 17.3 Å². The van der Waals surface area contributed by atoms with E-state index in [0.29, 0.717) is 35.7 Å². The molecule has 0 saturated heterocycles. The molecule has 4 nitrogen and oxygen atoms in total. The van der Waals surface area contributed by atoms with Gasteiger partial charge in [0.05, 0.1) is 24.8 Å². The second kappa shape index (κ2) is 3.62. The highest BCUT2D eigenvalue weighted by Crippen LogP contribution is 2.36. The van der Waals surface area contributed by atoms with Gasteiger partial charge in [-0.2, -0.15) is 5.26 Å². The molecule has 0 radical (unpaired) electrons. The van der Waals surface area contributed by atoms with Crippen LogP contribution in [0, 0.1) is 11.3 Å². The summed E-state index contributed by atoms with van der Waals surface area (Å²) in [6.07, 6.45) is 0.314. The van der Waals surface area contributed by atoms with Crippen LogP contribution in [0.3, 0.4) is 0 Å². The standard InChI is InChI=1S/C11H9NO3/c1-14-9-3-2-7(6-12)10-8(13)4-5-15-11(9)10/h2-3H,4-5H2,1H3. The number of fused-ring (bicyclic) bond motifs is 1. The second-order valence-electron chi connectivity index (χ2n) is 3.15. The van der Waals surface area contributed by atoms with Crippen molar-refractivity contribution in [3.63, 3.8) is 0 Å². The topological polar surface area (TPSA) is 59.3 Å². The minimum Gasteiger partial charge on any atom is -0.493 e. The van der Waals surface area contributed by atoms with Crippen LogP contribution in [-0.4, -0.2) is 19.5 Å². The number of Topliss-reactive ketones (excluding diaryl/α,β-unsaturated/α-hetero) is 1. The van der Waals surface area contributed by atoms with E-state index in [2.05, 4.69) is 0 Å². The van der Waals surface area contributed by atoms with Crippen molar-refractivity contribution >= 4 is 5.78 Å². The number of nitrogens with zero attached hydrogens (tertiary/aromatic N) is 1. The van der Waals surface area contributed by atoms with Crippen molar-refractivity contribution < 1.29 is 14.3 Å². The molecule has 0 N–H and O–H groups in total. The Morgan fingerprint density at radius 2 is 2.33 bits per heavy atom. The van der Waals surface area contributed by atoms with Crippen molar-refractivity contribution in [2.75, 3.05) is 13.7 Å². The largest absolute Gasteiger partial charge is 0.493 e. The average Bonchev–Trinajstić information content (AvgIpc) is 2.28. The lowest BCUT2D eigenvalue weighted by atomic mass is 9.99. The molecule has 1 aromatic rings. The maximum absolute atomic E-state index is 11.6. The van der Waals surface area contributed by atoms with Gasteiger partial charge in [-0.05, 0) is 12.1 Å². The number of carbonyl (C=O) groups excluding carboxylic acids is 1. The summed E-state index contributed by atoms with van der Waals surface area (Å²) in [7, 11) is 1.50. The van der Waals surface area contributed by atoms with Gasteiger partial charge in [0.25, 0.3) is 0 Å². The Morgan fingerprint density at radius 1 is 1.53 bits per heavy atom. The van der Waals surface area contributed by atoms with Crippen LogP contribution in [0.15, 0.2) is 12.1 Å². The smallest absolute Gasteiger partial charge is 0.173 e. The van der Waals surface area contributed by atoms with Crippen LogP contribution >= 0.6 is 0 Å². The van der Waals surface area contributed by atoms with Gasteiger partial charge in [0.2, 0.25) is 0 Å². The van der Waals surface area contributed by atoms with Crippen LogP contribution in [0.2, 0.25) is 0 Å². The summed E-state index contributed by atoms with van der Waals surface area (Å²) in [6, 6.07) is 5.19. The lowest BCUT2D eigenvalue weighted by Crippen LogP contribution is -2.17. The van der Waals surface area contributed by atoms with Crippen LogP contribution in [0.25, 0.3) is 0 Å². The van der Waals surface area contributed by atoms with Crippen LogP contribution in [0.4, 0.5) is 0 Å². The highest BCUT2D eigenvalue weighted by atomic mass is 16.5. The minimum atomic E-state index is -0.0632. The van der Waals surface area contributed by atoms with Crippen molar-refractivity contribution in [3.8, 4) is 17.6 Å². The lowest BCUT2D eigenvalue weighted by Gasteiger charge is -2.19. The molecule has 0 bridgehead atoms. The van der Waals surface area contributed by atoms with Gasteiger partial charge < -0.3 is 9.47 Å². The Morgan fingerprint density at radius 3 is 3.00 bits per heavy atom. The zero-order chi connectivity index (χ0) is 10.8. The summed E-state index contributed by atoms with van der Waals surface area (Å²) < 4.78 is 10.4. The Hall–Kier alpha value is -2.02. The van der Waals surface area contributed by atoms with Crippen LogP contribution in [0.5, 0.6) is 11.5 Å². The molecule has 1 aromatic carbocycles. The van der Waals surface area contributed by atoms with E-state index in [-0.39, 0.29) is 5.78 Å². The monoisotopic (exact) mass is 203 g/mol. The van der Waals surface area contributed by atoms with Gasteiger partial charge in [0, 0.05) is 6.42 Å². The fourth-order valence-electron chi connectivity index (χ4n) is 1.61. The van der Waals surface area contributed by atoms with E-state index in [0.717, 1.165) is 0 Å². The first kappa shape index (κ1) is 9.53. The molecule has 1 heterocycles. The summed E-state index contributed by atoms with van der Waals surface area (Å²) in [6.45, 7) is 0.344. The zero-order valence-corrected chi connectivity index (χ0v) is 8.24. The molecule has 0 aliphatic carbocycles. The molecule has 4 heteroatoms. The Kier molecular flexibility index (Phi) is 2.30. The molecule has 2 rings (SSSR count). The first-order chi connectivity index (χ1) is 7.27. The van der Waals surface area contributed by atoms with Crippen molar-refractivity contribution in [2.24, 2.45) is 0 Å². The molecule has 0 aromatic heterocycles. The molecule has 1 aliphatic rings. The predicted molar refractivity (Wildman–Crippen MR) is 52.2 cm³/mol. The molecule has 1 aliphatic heterocycles. The van der Waals surface area contributed by atoms with Crippen molar-refractivity contribution in [1.29, 1.82) is 5.26 Å².